The monoisotopic (exact) mass is 256 g/mol. The van der Waals surface area contributed by atoms with Crippen LogP contribution in [0.1, 0.15) is 18.9 Å². The second kappa shape index (κ2) is 5.20. The first-order valence-corrected chi connectivity index (χ1v) is 6.14. The van der Waals surface area contributed by atoms with Crippen molar-refractivity contribution in [2.45, 2.75) is 26.0 Å². The van der Waals surface area contributed by atoms with Crippen molar-refractivity contribution in [3.05, 3.63) is 29.3 Å². The molecule has 1 aromatic carbocycles. The molecule has 3 nitrogen and oxygen atoms in total. The Morgan fingerprint density at radius 3 is 2.72 bits per heavy atom. The van der Waals surface area contributed by atoms with Crippen molar-refractivity contribution < 1.29 is 13.9 Å². The summed E-state index contributed by atoms with van der Waals surface area (Å²) in [5.74, 6) is -1.60. The second-order valence-electron chi connectivity index (χ2n) is 4.81. The van der Waals surface area contributed by atoms with E-state index in [0.717, 1.165) is 6.42 Å². The molecule has 0 saturated carbocycles. The number of anilines is 1. The Labute approximate surface area is 105 Å². The van der Waals surface area contributed by atoms with Crippen LogP contribution >= 0.6 is 0 Å². The van der Waals surface area contributed by atoms with Crippen LogP contribution in [0.5, 0.6) is 0 Å². The van der Waals surface area contributed by atoms with Crippen LogP contribution in [0.25, 0.3) is 0 Å². The highest BCUT2D eigenvalue weighted by Crippen LogP contribution is 2.30. The molecule has 0 amide bonds. The van der Waals surface area contributed by atoms with Crippen molar-refractivity contribution in [1.29, 1.82) is 0 Å². The number of aliphatic hydroxyl groups is 1. The van der Waals surface area contributed by atoms with Crippen molar-refractivity contribution in [2.24, 2.45) is 11.7 Å². The van der Waals surface area contributed by atoms with E-state index in [1.165, 1.54) is 6.07 Å². The van der Waals surface area contributed by atoms with Gasteiger partial charge in [0, 0.05) is 31.1 Å². The van der Waals surface area contributed by atoms with Crippen LogP contribution in [0.4, 0.5) is 14.5 Å². The molecular formula is C13H18F2N2O. The Balaban J connectivity index is 2.23. The van der Waals surface area contributed by atoms with Crippen LogP contribution in [-0.2, 0) is 6.54 Å². The number of halogens is 2. The predicted molar refractivity (Wildman–Crippen MR) is 66.3 cm³/mol. The van der Waals surface area contributed by atoms with Gasteiger partial charge in [0.2, 0.25) is 0 Å². The largest absolute Gasteiger partial charge is 0.393 e. The molecular weight excluding hydrogens is 238 g/mol. The van der Waals surface area contributed by atoms with Gasteiger partial charge in [0.15, 0.2) is 11.6 Å². The van der Waals surface area contributed by atoms with Gasteiger partial charge in [-0.2, -0.15) is 0 Å². The standard InChI is InChI=1S/C13H18F2N2O/c1-8(18)10-4-5-17(7-10)11-3-2-9(6-16)12(14)13(11)15/h2-3,8,10,18H,4-7,16H2,1H3. The molecule has 0 aromatic heterocycles. The maximum atomic E-state index is 13.9. The molecule has 0 radical (unpaired) electrons. The van der Waals surface area contributed by atoms with E-state index >= 15 is 0 Å². The third kappa shape index (κ3) is 2.33. The summed E-state index contributed by atoms with van der Waals surface area (Å²) in [5, 5.41) is 9.51. The Kier molecular flexibility index (Phi) is 3.82. The van der Waals surface area contributed by atoms with Gasteiger partial charge in [0.25, 0.3) is 0 Å². The van der Waals surface area contributed by atoms with Crippen molar-refractivity contribution in [2.75, 3.05) is 18.0 Å². The van der Waals surface area contributed by atoms with Crippen molar-refractivity contribution in [3.8, 4) is 0 Å². The van der Waals surface area contributed by atoms with E-state index in [4.69, 9.17) is 5.73 Å². The lowest BCUT2D eigenvalue weighted by Gasteiger charge is -2.21. The smallest absolute Gasteiger partial charge is 0.182 e. The van der Waals surface area contributed by atoms with E-state index in [-0.39, 0.29) is 23.7 Å². The highest BCUT2D eigenvalue weighted by atomic mass is 19.2. The van der Waals surface area contributed by atoms with Crippen molar-refractivity contribution in [1.82, 2.24) is 0 Å². The average Bonchev–Trinajstić information content (AvgIpc) is 2.82. The maximum Gasteiger partial charge on any atom is 0.182 e. The lowest BCUT2D eigenvalue weighted by molar-refractivity contribution is 0.136. The SMILES string of the molecule is CC(O)C1CCN(c2ccc(CN)c(F)c2F)C1. The van der Waals surface area contributed by atoms with Gasteiger partial charge < -0.3 is 15.7 Å². The summed E-state index contributed by atoms with van der Waals surface area (Å²) in [6.07, 6.45) is 0.364. The summed E-state index contributed by atoms with van der Waals surface area (Å²) in [4.78, 5) is 1.77. The van der Waals surface area contributed by atoms with Crippen LogP contribution in [0.15, 0.2) is 12.1 Å². The van der Waals surface area contributed by atoms with Crippen LogP contribution in [0.3, 0.4) is 0 Å². The van der Waals surface area contributed by atoms with Crippen LogP contribution in [0.2, 0.25) is 0 Å². The van der Waals surface area contributed by atoms with E-state index in [9.17, 15) is 13.9 Å². The molecule has 2 unspecified atom stereocenters. The van der Waals surface area contributed by atoms with E-state index in [0.29, 0.717) is 13.1 Å². The van der Waals surface area contributed by atoms with E-state index < -0.39 is 17.7 Å². The Morgan fingerprint density at radius 2 is 2.17 bits per heavy atom. The van der Waals surface area contributed by atoms with Gasteiger partial charge in [-0.25, -0.2) is 8.78 Å². The summed E-state index contributed by atoms with van der Waals surface area (Å²) >= 11 is 0. The van der Waals surface area contributed by atoms with Gasteiger partial charge in [0.05, 0.1) is 11.8 Å². The Bertz CT molecular complexity index is 437. The minimum Gasteiger partial charge on any atom is -0.393 e. The number of hydrogen-bond acceptors (Lipinski definition) is 3. The van der Waals surface area contributed by atoms with Crippen LogP contribution in [0, 0.1) is 17.6 Å². The van der Waals surface area contributed by atoms with E-state index in [1.807, 2.05) is 0 Å². The minimum atomic E-state index is -0.865. The quantitative estimate of drug-likeness (QED) is 0.864. The summed E-state index contributed by atoms with van der Waals surface area (Å²) in [6.45, 7) is 2.89. The lowest BCUT2D eigenvalue weighted by Crippen LogP contribution is -2.25. The molecule has 2 atom stereocenters. The zero-order valence-corrected chi connectivity index (χ0v) is 10.4. The van der Waals surface area contributed by atoms with Gasteiger partial charge in [-0.1, -0.05) is 6.07 Å². The first-order chi connectivity index (χ1) is 8.54. The molecule has 3 N–H and O–H groups in total. The van der Waals surface area contributed by atoms with Crippen LogP contribution < -0.4 is 10.6 Å². The molecule has 0 bridgehead atoms. The second-order valence-corrected chi connectivity index (χ2v) is 4.81. The number of aliphatic hydroxyl groups excluding tert-OH is 1. The molecule has 1 fully saturated rings. The van der Waals surface area contributed by atoms with Gasteiger partial charge >= 0.3 is 0 Å². The molecule has 1 saturated heterocycles. The summed E-state index contributed by atoms with van der Waals surface area (Å²) in [6, 6.07) is 3.08. The highest BCUT2D eigenvalue weighted by Gasteiger charge is 2.28. The summed E-state index contributed by atoms with van der Waals surface area (Å²) in [5.41, 5.74) is 5.77. The molecule has 18 heavy (non-hydrogen) atoms. The number of nitrogens with zero attached hydrogens (tertiary/aromatic N) is 1. The van der Waals surface area contributed by atoms with Gasteiger partial charge in [-0.15, -0.1) is 0 Å². The molecule has 2 rings (SSSR count). The van der Waals surface area contributed by atoms with Crippen LogP contribution in [-0.4, -0.2) is 24.3 Å². The van der Waals surface area contributed by atoms with Crippen molar-refractivity contribution in [3.63, 3.8) is 0 Å². The zero-order valence-electron chi connectivity index (χ0n) is 10.4. The zero-order chi connectivity index (χ0) is 13.3. The van der Waals surface area contributed by atoms with E-state index in [1.54, 1.807) is 17.9 Å². The molecule has 1 heterocycles. The number of hydrogen-bond donors (Lipinski definition) is 2. The fourth-order valence-corrected chi connectivity index (χ4v) is 2.38. The highest BCUT2D eigenvalue weighted by molar-refractivity contribution is 5.50. The third-order valence-electron chi connectivity index (χ3n) is 3.61. The lowest BCUT2D eigenvalue weighted by atomic mass is 10.0. The number of rotatable bonds is 3. The van der Waals surface area contributed by atoms with Gasteiger partial charge in [-0.3, -0.25) is 0 Å². The van der Waals surface area contributed by atoms with Gasteiger partial charge in [0.1, 0.15) is 0 Å². The molecule has 100 valence electrons. The van der Waals surface area contributed by atoms with Gasteiger partial charge in [-0.05, 0) is 19.4 Å². The van der Waals surface area contributed by atoms with Crippen molar-refractivity contribution >= 4 is 5.69 Å². The molecule has 1 aromatic rings. The Morgan fingerprint density at radius 1 is 1.44 bits per heavy atom. The first kappa shape index (κ1) is 13.2. The topological polar surface area (TPSA) is 49.5 Å². The fraction of sp³-hybridized carbons (Fsp3) is 0.538. The molecule has 0 aliphatic carbocycles. The first-order valence-electron chi connectivity index (χ1n) is 6.14. The Hall–Kier alpha value is -1.20. The maximum absolute atomic E-state index is 13.9. The molecule has 5 heteroatoms. The normalized spacial score (nSPS) is 21.4. The molecule has 1 aliphatic heterocycles. The summed E-state index contributed by atoms with van der Waals surface area (Å²) in [7, 11) is 0. The average molecular weight is 256 g/mol. The fourth-order valence-electron chi connectivity index (χ4n) is 2.38. The predicted octanol–water partition coefficient (Wildman–Crippen LogP) is 1.63. The number of nitrogens with two attached hydrogens (primary N) is 1. The molecule has 0 spiro atoms. The molecule has 1 aliphatic rings. The summed E-state index contributed by atoms with van der Waals surface area (Å²) < 4.78 is 27.5. The number of benzene rings is 1. The minimum absolute atomic E-state index is 0.0146. The van der Waals surface area contributed by atoms with E-state index in [2.05, 4.69) is 0 Å². The third-order valence-corrected chi connectivity index (χ3v) is 3.61.